The van der Waals surface area contributed by atoms with Crippen molar-refractivity contribution in [2.24, 2.45) is 0 Å². The molecule has 0 saturated heterocycles. The molecule has 0 saturated carbocycles. The van der Waals surface area contributed by atoms with Crippen LogP contribution in [0.2, 0.25) is 0 Å². The molecule has 2 rings (SSSR count). The van der Waals surface area contributed by atoms with Crippen LogP contribution in [-0.4, -0.2) is 30.6 Å². The minimum Gasteiger partial charge on any atom is -0.497 e. The van der Waals surface area contributed by atoms with Crippen LogP contribution in [0.1, 0.15) is 5.56 Å². The van der Waals surface area contributed by atoms with Gasteiger partial charge in [0.05, 0.1) is 13.8 Å². The molecular weight excluding hydrogens is 188 g/mol. The van der Waals surface area contributed by atoms with Gasteiger partial charge in [-0.2, -0.15) is 0 Å². The Morgan fingerprint density at radius 1 is 1.20 bits per heavy atom. The second-order valence-electron chi connectivity index (χ2n) is 3.79. The van der Waals surface area contributed by atoms with Gasteiger partial charge >= 0.3 is 0 Å². The summed E-state index contributed by atoms with van der Waals surface area (Å²) < 4.78 is 5.12. The highest BCUT2D eigenvalue weighted by Gasteiger charge is 2.08. The van der Waals surface area contributed by atoms with Gasteiger partial charge in [0, 0.05) is 26.0 Å². The molecule has 0 amide bonds. The van der Waals surface area contributed by atoms with Gasteiger partial charge in [-0.15, -0.1) is 0 Å². The normalized spacial score (nSPS) is 14.8. The van der Waals surface area contributed by atoms with E-state index in [1.807, 2.05) is 12.1 Å². The smallest absolute Gasteiger partial charge is 0.118 e. The molecule has 0 unspecified atom stereocenters. The van der Waals surface area contributed by atoms with E-state index in [4.69, 9.17) is 4.74 Å². The quantitative estimate of drug-likeness (QED) is 0.747. The number of nitrogens with zero attached hydrogens (tertiary/aromatic N) is 2. The van der Waals surface area contributed by atoms with Crippen molar-refractivity contribution < 1.29 is 4.74 Å². The van der Waals surface area contributed by atoms with Gasteiger partial charge in [-0.3, -0.25) is 0 Å². The molecule has 0 aliphatic carbocycles. The Morgan fingerprint density at radius 3 is 2.47 bits per heavy atom. The molecule has 1 aliphatic rings. The van der Waals surface area contributed by atoms with Crippen LogP contribution in [0.3, 0.4) is 0 Å². The Balaban J connectivity index is 1.96. The fraction of sp³-hybridized carbons (Fsp3) is 0.333. The maximum absolute atomic E-state index is 5.12. The molecule has 0 aromatic heterocycles. The first-order chi connectivity index (χ1) is 7.28. The summed E-state index contributed by atoms with van der Waals surface area (Å²) in [7, 11) is 3.76. The van der Waals surface area contributed by atoms with E-state index in [-0.39, 0.29) is 0 Å². The SMILES string of the molecule is COc1ccc(CN2C=CN(C)C2)cc1. The van der Waals surface area contributed by atoms with Crippen molar-refractivity contribution in [3.8, 4) is 5.75 Å². The maximum Gasteiger partial charge on any atom is 0.118 e. The lowest BCUT2D eigenvalue weighted by Crippen LogP contribution is -2.21. The van der Waals surface area contributed by atoms with Gasteiger partial charge in [-0.05, 0) is 17.7 Å². The largest absolute Gasteiger partial charge is 0.497 e. The number of hydrogen-bond acceptors (Lipinski definition) is 3. The molecular formula is C12H16N2O. The van der Waals surface area contributed by atoms with Crippen LogP contribution in [0.4, 0.5) is 0 Å². The van der Waals surface area contributed by atoms with Crippen LogP contribution in [0.15, 0.2) is 36.7 Å². The molecule has 1 aromatic carbocycles. The van der Waals surface area contributed by atoms with E-state index in [0.29, 0.717) is 0 Å². The molecule has 1 aliphatic heterocycles. The van der Waals surface area contributed by atoms with Gasteiger partial charge in [0.2, 0.25) is 0 Å². The van der Waals surface area contributed by atoms with Gasteiger partial charge in [0.25, 0.3) is 0 Å². The van der Waals surface area contributed by atoms with Crippen LogP contribution in [0.5, 0.6) is 5.75 Å². The zero-order valence-electron chi connectivity index (χ0n) is 9.18. The average molecular weight is 204 g/mol. The summed E-state index contributed by atoms with van der Waals surface area (Å²) in [6.45, 7) is 1.91. The average Bonchev–Trinajstić information content (AvgIpc) is 2.65. The van der Waals surface area contributed by atoms with Gasteiger partial charge in [-0.1, -0.05) is 12.1 Å². The third-order valence-electron chi connectivity index (χ3n) is 2.48. The van der Waals surface area contributed by atoms with E-state index < -0.39 is 0 Å². The summed E-state index contributed by atoms with van der Waals surface area (Å²) >= 11 is 0. The van der Waals surface area contributed by atoms with E-state index in [1.165, 1.54) is 5.56 Å². The van der Waals surface area contributed by atoms with Crippen molar-refractivity contribution in [3.63, 3.8) is 0 Å². The third kappa shape index (κ3) is 2.43. The van der Waals surface area contributed by atoms with E-state index in [9.17, 15) is 0 Å². The molecule has 1 heterocycles. The Bertz CT molecular complexity index is 345. The summed E-state index contributed by atoms with van der Waals surface area (Å²) in [4.78, 5) is 4.42. The topological polar surface area (TPSA) is 15.7 Å². The molecule has 80 valence electrons. The molecule has 1 aromatic rings. The first-order valence-corrected chi connectivity index (χ1v) is 5.03. The second kappa shape index (κ2) is 4.26. The number of hydrogen-bond donors (Lipinski definition) is 0. The Morgan fingerprint density at radius 2 is 1.93 bits per heavy atom. The molecule has 15 heavy (non-hydrogen) atoms. The second-order valence-corrected chi connectivity index (χ2v) is 3.79. The lowest BCUT2D eigenvalue weighted by molar-refractivity contribution is 0.291. The zero-order chi connectivity index (χ0) is 10.7. The van der Waals surface area contributed by atoms with Crippen molar-refractivity contribution in [2.75, 3.05) is 20.8 Å². The van der Waals surface area contributed by atoms with E-state index in [2.05, 4.69) is 41.4 Å². The van der Waals surface area contributed by atoms with Gasteiger partial charge in [0.1, 0.15) is 5.75 Å². The standard InChI is InChI=1S/C12H16N2O/c1-13-7-8-14(10-13)9-11-3-5-12(15-2)6-4-11/h3-8H,9-10H2,1-2H3. The van der Waals surface area contributed by atoms with Crippen LogP contribution in [0.25, 0.3) is 0 Å². The van der Waals surface area contributed by atoms with Crippen molar-refractivity contribution in [1.82, 2.24) is 9.80 Å². The van der Waals surface area contributed by atoms with E-state index >= 15 is 0 Å². The fourth-order valence-corrected chi connectivity index (χ4v) is 1.66. The van der Waals surface area contributed by atoms with E-state index in [0.717, 1.165) is 19.0 Å². The minimum atomic E-state index is 0.910. The van der Waals surface area contributed by atoms with Gasteiger partial charge < -0.3 is 14.5 Å². The first kappa shape index (κ1) is 9.90. The van der Waals surface area contributed by atoms with Crippen LogP contribution >= 0.6 is 0 Å². The lowest BCUT2D eigenvalue weighted by Gasteiger charge is -2.18. The zero-order valence-corrected chi connectivity index (χ0v) is 9.18. The van der Waals surface area contributed by atoms with E-state index in [1.54, 1.807) is 7.11 Å². The molecule has 0 fully saturated rings. The summed E-state index contributed by atoms with van der Waals surface area (Å²) in [5.41, 5.74) is 1.30. The number of benzene rings is 1. The van der Waals surface area contributed by atoms with Crippen LogP contribution in [0, 0.1) is 0 Å². The number of ether oxygens (including phenoxy) is 1. The summed E-state index contributed by atoms with van der Waals surface area (Å²) in [5.74, 6) is 0.910. The lowest BCUT2D eigenvalue weighted by atomic mass is 10.2. The number of methoxy groups -OCH3 is 1. The Kier molecular flexibility index (Phi) is 2.81. The maximum atomic E-state index is 5.12. The monoisotopic (exact) mass is 204 g/mol. The molecule has 0 atom stereocenters. The van der Waals surface area contributed by atoms with Crippen LogP contribution in [-0.2, 0) is 6.54 Å². The fourth-order valence-electron chi connectivity index (χ4n) is 1.66. The molecule has 3 nitrogen and oxygen atoms in total. The highest BCUT2D eigenvalue weighted by molar-refractivity contribution is 5.27. The molecule has 0 N–H and O–H groups in total. The summed E-state index contributed by atoms with van der Waals surface area (Å²) in [5, 5.41) is 0. The van der Waals surface area contributed by atoms with Gasteiger partial charge in [-0.25, -0.2) is 0 Å². The Labute approximate surface area is 90.6 Å². The highest BCUT2D eigenvalue weighted by Crippen LogP contribution is 2.14. The molecule has 0 bridgehead atoms. The molecule has 0 spiro atoms. The van der Waals surface area contributed by atoms with Crippen LogP contribution < -0.4 is 4.74 Å². The van der Waals surface area contributed by atoms with Crippen molar-refractivity contribution in [1.29, 1.82) is 0 Å². The Hall–Kier alpha value is -1.64. The predicted octanol–water partition coefficient (Wildman–Crippen LogP) is 1.87. The molecule has 3 heteroatoms. The van der Waals surface area contributed by atoms with Crippen molar-refractivity contribution in [3.05, 3.63) is 42.2 Å². The summed E-state index contributed by atoms with van der Waals surface area (Å²) in [6, 6.07) is 8.20. The first-order valence-electron chi connectivity index (χ1n) is 5.03. The minimum absolute atomic E-state index is 0.910. The summed E-state index contributed by atoms with van der Waals surface area (Å²) in [6.07, 6.45) is 4.20. The van der Waals surface area contributed by atoms with Crippen molar-refractivity contribution in [2.45, 2.75) is 6.54 Å². The van der Waals surface area contributed by atoms with Crippen molar-refractivity contribution >= 4 is 0 Å². The van der Waals surface area contributed by atoms with Gasteiger partial charge in [0.15, 0.2) is 0 Å². The molecule has 0 radical (unpaired) electrons. The third-order valence-corrected chi connectivity index (χ3v) is 2.48. The highest BCUT2D eigenvalue weighted by atomic mass is 16.5. The predicted molar refractivity (Wildman–Crippen MR) is 60.3 cm³/mol. The number of rotatable bonds is 3.